The molecule has 4 aliphatic carbocycles. The van der Waals surface area contributed by atoms with E-state index >= 15 is 0 Å². The molecular weight excluding hydrogens is 428 g/mol. The van der Waals surface area contributed by atoms with Gasteiger partial charge in [-0.2, -0.15) is 0 Å². The van der Waals surface area contributed by atoms with Crippen LogP contribution in [-0.4, -0.2) is 57.1 Å². The molecule has 180 valence electrons. The van der Waals surface area contributed by atoms with E-state index in [9.17, 15) is 29.4 Å². The maximum Gasteiger partial charge on any atom is 0.306 e. The third kappa shape index (κ3) is 3.67. The summed E-state index contributed by atoms with van der Waals surface area (Å²) >= 11 is 0. The second-order valence-corrected chi connectivity index (χ2v) is 10.6. The van der Waals surface area contributed by atoms with Gasteiger partial charge in [0.15, 0.2) is 12.4 Å². The molecule has 0 bridgehead atoms. The highest BCUT2D eigenvalue weighted by molar-refractivity contribution is 5.93. The summed E-state index contributed by atoms with van der Waals surface area (Å²) in [5.41, 5.74) is -2.01. The zero-order chi connectivity index (χ0) is 24.2. The zero-order valence-electron chi connectivity index (χ0n) is 19.1. The number of carbonyl (C=O) groups excluding carboxylic acids is 3. The fourth-order valence-corrected chi connectivity index (χ4v) is 7.24. The van der Waals surface area contributed by atoms with Crippen molar-refractivity contribution in [2.45, 2.75) is 70.5 Å². The molecule has 0 aromatic rings. The molecule has 5 unspecified atom stereocenters. The molecule has 3 N–H and O–H groups in total. The van der Waals surface area contributed by atoms with E-state index in [4.69, 9.17) is 9.84 Å². The Hall–Kier alpha value is -2.32. The summed E-state index contributed by atoms with van der Waals surface area (Å²) in [6.07, 6.45) is 6.24. The molecule has 0 aliphatic heterocycles. The van der Waals surface area contributed by atoms with E-state index in [1.165, 1.54) is 0 Å². The molecule has 8 nitrogen and oxygen atoms in total. The molecule has 2 saturated carbocycles. The van der Waals surface area contributed by atoms with Crippen LogP contribution in [0, 0.1) is 28.6 Å². The van der Waals surface area contributed by atoms with Crippen molar-refractivity contribution in [2.75, 3.05) is 6.61 Å². The van der Waals surface area contributed by atoms with E-state index in [1.54, 1.807) is 6.08 Å². The largest absolute Gasteiger partial charge is 0.481 e. The number of esters is 1. The standard InChI is InChI=1S/C25H32O8/c1-23-9-7-15(26)11-14(23)3-4-16-17-8-10-25(32,24(17,2)12-18(27)22(16)23)19(28)13-33-21(31)6-5-20(29)30/h3,7,9,16-18,22,27,32H,4-6,8,10-13H2,1-2H3,(H,29,30)/t16?,17?,18?,22?,23-,24-,25?/m0/s1. The van der Waals surface area contributed by atoms with Crippen molar-refractivity contribution in [1.82, 2.24) is 0 Å². The van der Waals surface area contributed by atoms with Crippen LogP contribution in [0.4, 0.5) is 0 Å². The Kier molecular flexibility index (Phi) is 5.90. The molecule has 2 fully saturated rings. The Morgan fingerprint density at radius 1 is 1.21 bits per heavy atom. The number of fused-ring (bicyclic) bond motifs is 5. The van der Waals surface area contributed by atoms with Gasteiger partial charge in [-0.1, -0.05) is 31.6 Å². The summed E-state index contributed by atoms with van der Waals surface area (Å²) in [6, 6.07) is 0. The van der Waals surface area contributed by atoms with Gasteiger partial charge in [-0.3, -0.25) is 19.2 Å². The minimum atomic E-state index is -1.74. The lowest BCUT2D eigenvalue weighted by Crippen LogP contribution is -2.61. The van der Waals surface area contributed by atoms with Crippen LogP contribution in [0.25, 0.3) is 0 Å². The summed E-state index contributed by atoms with van der Waals surface area (Å²) in [5.74, 6) is -2.55. The van der Waals surface area contributed by atoms with E-state index in [0.717, 1.165) is 5.57 Å². The number of allylic oxidation sites excluding steroid dienone is 4. The summed E-state index contributed by atoms with van der Waals surface area (Å²) in [6.45, 7) is 3.29. The maximum absolute atomic E-state index is 13.1. The van der Waals surface area contributed by atoms with Crippen LogP contribution in [0.3, 0.4) is 0 Å². The number of ketones is 2. The average molecular weight is 461 g/mol. The van der Waals surface area contributed by atoms with Gasteiger partial charge < -0.3 is 20.1 Å². The number of carboxylic acids is 1. The summed E-state index contributed by atoms with van der Waals surface area (Å²) in [4.78, 5) is 47.4. The number of carboxylic acid groups (broad SMARTS) is 1. The first-order valence-electron chi connectivity index (χ1n) is 11.6. The van der Waals surface area contributed by atoms with Crippen molar-refractivity contribution in [3.8, 4) is 0 Å². The first-order chi connectivity index (χ1) is 15.4. The smallest absolute Gasteiger partial charge is 0.306 e. The van der Waals surface area contributed by atoms with Gasteiger partial charge in [-0.25, -0.2) is 0 Å². The SMILES string of the molecule is C[C@]12C=CC(=O)CC1=CCC1C2C(O)C[C@@]2(C)C1CCC2(O)C(=O)COC(=O)CCC(=O)O. The van der Waals surface area contributed by atoms with Crippen LogP contribution in [-0.2, 0) is 23.9 Å². The second kappa shape index (κ2) is 8.17. The lowest BCUT2D eigenvalue weighted by Gasteiger charge is -2.58. The lowest BCUT2D eigenvalue weighted by molar-refractivity contribution is -0.179. The quantitative estimate of drug-likeness (QED) is 0.404. The molecule has 33 heavy (non-hydrogen) atoms. The van der Waals surface area contributed by atoms with Crippen molar-refractivity contribution in [3.63, 3.8) is 0 Å². The number of aliphatic hydroxyl groups is 2. The lowest BCUT2D eigenvalue weighted by atomic mass is 9.47. The first-order valence-corrected chi connectivity index (χ1v) is 11.6. The molecule has 4 rings (SSSR count). The molecule has 8 heteroatoms. The number of hydrogen-bond donors (Lipinski definition) is 3. The summed E-state index contributed by atoms with van der Waals surface area (Å²) in [7, 11) is 0. The van der Waals surface area contributed by atoms with Gasteiger partial charge in [0, 0.05) is 23.2 Å². The number of ether oxygens (including phenoxy) is 1. The number of hydrogen-bond acceptors (Lipinski definition) is 7. The van der Waals surface area contributed by atoms with Crippen LogP contribution in [0.2, 0.25) is 0 Å². The van der Waals surface area contributed by atoms with E-state index in [2.05, 4.69) is 13.0 Å². The van der Waals surface area contributed by atoms with Crippen LogP contribution in [0.5, 0.6) is 0 Å². The highest BCUT2D eigenvalue weighted by atomic mass is 16.5. The molecule has 0 aromatic carbocycles. The number of carbonyl (C=O) groups is 4. The van der Waals surface area contributed by atoms with Crippen molar-refractivity contribution < 1.29 is 39.2 Å². The topological polar surface area (TPSA) is 138 Å². The van der Waals surface area contributed by atoms with E-state index in [0.29, 0.717) is 19.3 Å². The molecule has 0 amide bonds. The second-order valence-electron chi connectivity index (χ2n) is 10.6. The van der Waals surface area contributed by atoms with Gasteiger partial charge in [-0.05, 0) is 43.6 Å². The molecular formula is C25H32O8. The van der Waals surface area contributed by atoms with Crippen molar-refractivity contribution in [2.24, 2.45) is 28.6 Å². The van der Waals surface area contributed by atoms with Gasteiger partial charge in [0.2, 0.25) is 5.78 Å². The number of aliphatic hydroxyl groups excluding tert-OH is 1. The summed E-state index contributed by atoms with van der Waals surface area (Å²) in [5, 5.41) is 31.6. The third-order valence-corrected chi connectivity index (χ3v) is 8.98. The zero-order valence-corrected chi connectivity index (χ0v) is 19.1. The average Bonchev–Trinajstić information content (AvgIpc) is 3.02. The number of aliphatic carboxylic acids is 1. The fraction of sp³-hybridized carbons (Fsp3) is 0.680. The van der Waals surface area contributed by atoms with Gasteiger partial charge in [0.25, 0.3) is 0 Å². The Balaban J connectivity index is 1.54. The van der Waals surface area contributed by atoms with Gasteiger partial charge in [0.1, 0.15) is 5.60 Å². The number of rotatable bonds is 6. The Morgan fingerprint density at radius 2 is 1.94 bits per heavy atom. The van der Waals surface area contributed by atoms with E-state index in [-0.39, 0.29) is 49.2 Å². The van der Waals surface area contributed by atoms with Crippen LogP contribution in [0.1, 0.15) is 58.8 Å². The van der Waals surface area contributed by atoms with Crippen LogP contribution < -0.4 is 0 Å². The third-order valence-electron chi connectivity index (χ3n) is 8.98. The molecule has 0 radical (unpaired) electrons. The molecule has 0 heterocycles. The minimum absolute atomic E-state index is 0.0109. The predicted molar refractivity (Wildman–Crippen MR) is 116 cm³/mol. The molecule has 4 aliphatic rings. The van der Waals surface area contributed by atoms with Gasteiger partial charge in [-0.15, -0.1) is 0 Å². The molecule has 0 spiro atoms. The van der Waals surface area contributed by atoms with Gasteiger partial charge >= 0.3 is 11.9 Å². The summed E-state index contributed by atoms with van der Waals surface area (Å²) < 4.78 is 4.96. The van der Waals surface area contributed by atoms with Crippen molar-refractivity contribution in [3.05, 3.63) is 23.8 Å². The maximum atomic E-state index is 13.1. The number of Topliss-reactive ketones (excluding diaryl/α,β-unsaturated/α-hetero) is 1. The monoisotopic (exact) mass is 460 g/mol. The highest BCUT2D eigenvalue weighted by Gasteiger charge is 2.67. The first kappa shape index (κ1) is 23.8. The van der Waals surface area contributed by atoms with Crippen LogP contribution in [0.15, 0.2) is 23.8 Å². The van der Waals surface area contributed by atoms with Gasteiger partial charge in [0.05, 0.1) is 18.9 Å². The predicted octanol–water partition coefficient (Wildman–Crippen LogP) is 1.97. The van der Waals surface area contributed by atoms with E-state index in [1.807, 2.05) is 13.0 Å². The molecule has 0 aromatic heterocycles. The minimum Gasteiger partial charge on any atom is -0.481 e. The van der Waals surface area contributed by atoms with Crippen molar-refractivity contribution >= 4 is 23.5 Å². The molecule has 0 saturated heterocycles. The molecule has 7 atom stereocenters. The Labute approximate surface area is 192 Å². The van der Waals surface area contributed by atoms with Crippen molar-refractivity contribution in [1.29, 1.82) is 0 Å². The van der Waals surface area contributed by atoms with E-state index < -0.39 is 46.9 Å². The van der Waals surface area contributed by atoms with Crippen LogP contribution >= 0.6 is 0 Å². The Morgan fingerprint density at radius 3 is 2.64 bits per heavy atom. The Bertz CT molecular complexity index is 950. The highest BCUT2D eigenvalue weighted by Crippen LogP contribution is 2.66. The normalized spacial score (nSPS) is 41.5. The fourth-order valence-electron chi connectivity index (χ4n) is 7.24.